The van der Waals surface area contributed by atoms with E-state index in [1.165, 1.54) is 26.4 Å². The van der Waals surface area contributed by atoms with Gasteiger partial charge in [-0.05, 0) is 106 Å². The summed E-state index contributed by atoms with van der Waals surface area (Å²) in [4.78, 5) is 82.2. The van der Waals surface area contributed by atoms with Gasteiger partial charge in [0.2, 0.25) is 11.8 Å². The first-order valence-electron chi connectivity index (χ1n) is 21.8. The standard InChI is InChI=1S/C50H57BrFN3O8/c1-30(2)38(27-46(58)62-5)49(60)53-23-7-9-41(53)44(56)25-32-11-15-34(16-12-32)43-29-40(51)48(55(43)37-21-19-36(52)20-22-37)35-17-13-33(14-18-35)26-45(57)42-10-8-24-54(42)50(61)39(31(3)4)28-47(59)63-6/h11-22,29-31,38-39,41-42H,7-10,23-28H2,1-6H3/t38-,39-,41-,42-/m0/s1. The third kappa shape index (κ3) is 10.9. The molecule has 0 aliphatic carbocycles. The maximum absolute atomic E-state index is 14.2. The summed E-state index contributed by atoms with van der Waals surface area (Å²) in [5, 5.41) is 0. The maximum Gasteiger partial charge on any atom is 0.306 e. The van der Waals surface area contributed by atoms with E-state index in [0.717, 1.165) is 43.8 Å². The van der Waals surface area contributed by atoms with E-state index in [2.05, 4.69) is 15.9 Å². The fourth-order valence-electron chi connectivity index (χ4n) is 8.93. The van der Waals surface area contributed by atoms with Gasteiger partial charge in [0.05, 0.1) is 62.4 Å². The number of halogens is 2. The lowest BCUT2D eigenvalue weighted by Gasteiger charge is -2.29. The number of hydrogen-bond donors (Lipinski definition) is 0. The van der Waals surface area contributed by atoms with Crippen molar-refractivity contribution in [3.63, 3.8) is 0 Å². The molecular formula is C50H57BrFN3O8. The average molecular weight is 927 g/mol. The molecule has 3 aromatic carbocycles. The van der Waals surface area contributed by atoms with Crippen LogP contribution in [0.5, 0.6) is 0 Å². The van der Waals surface area contributed by atoms with E-state index in [0.29, 0.717) is 38.8 Å². The summed E-state index contributed by atoms with van der Waals surface area (Å²) < 4.78 is 26.7. The zero-order valence-electron chi connectivity index (χ0n) is 36.9. The average Bonchev–Trinajstić information content (AvgIpc) is 4.04. The predicted molar refractivity (Wildman–Crippen MR) is 241 cm³/mol. The molecule has 2 fully saturated rings. The van der Waals surface area contributed by atoms with Crippen molar-refractivity contribution >= 4 is 51.2 Å². The molecule has 2 saturated heterocycles. The van der Waals surface area contributed by atoms with Gasteiger partial charge in [-0.3, -0.25) is 28.8 Å². The van der Waals surface area contributed by atoms with Crippen LogP contribution in [0.25, 0.3) is 28.2 Å². The molecule has 0 saturated carbocycles. The molecule has 4 atom stereocenters. The lowest BCUT2D eigenvalue weighted by Crippen LogP contribution is -2.45. The summed E-state index contributed by atoms with van der Waals surface area (Å²) in [6.45, 7) is 8.52. The number of esters is 2. The zero-order chi connectivity index (χ0) is 45.5. The van der Waals surface area contributed by atoms with Crippen LogP contribution in [0, 0.1) is 29.5 Å². The number of aromatic nitrogens is 1. The summed E-state index contributed by atoms with van der Waals surface area (Å²) >= 11 is 3.80. The molecule has 63 heavy (non-hydrogen) atoms. The molecule has 2 aliphatic rings. The van der Waals surface area contributed by atoms with Gasteiger partial charge in [-0.15, -0.1) is 0 Å². The highest BCUT2D eigenvalue weighted by molar-refractivity contribution is 9.10. The van der Waals surface area contributed by atoms with Crippen molar-refractivity contribution < 1.29 is 42.6 Å². The Bertz CT molecular complexity index is 2300. The molecule has 0 bridgehead atoms. The number of carbonyl (C=O) groups is 6. The first-order valence-corrected chi connectivity index (χ1v) is 22.6. The Labute approximate surface area is 377 Å². The fourth-order valence-corrected chi connectivity index (χ4v) is 9.55. The smallest absolute Gasteiger partial charge is 0.306 e. The molecule has 3 heterocycles. The highest BCUT2D eigenvalue weighted by Gasteiger charge is 2.40. The number of Topliss-reactive ketones (excluding diaryl/α,β-unsaturated/α-hetero) is 2. The van der Waals surface area contributed by atoms with Crippen molar-refractivity contribution in [2.75, 3.05) is 27.3 Å². The van der Waals surface area contributed by atoms with Gasteiger partial charge >= 0.3 is 11.9 Å². The number of carbonyl (C=O) groups excluding carboxylic acids is 6. The summed E-state index contributed by atoms with van der Waals surface area (Å²) in [6.07, 6.45) is 2.80. The van der Waals surface area contributed by atoms with Crippen LogP contribution in [-0.2, 0) is 51.1 Å². The van der Waals surface area contributed by atoms with Crippen molar-refractivity contribution in [2.24, 2.45) is 23.7 Å². The highest BCUT2D eigenvalue weighted by Crippen LogP contribution is 2.39. The van der Waals surface area contributed by atoms with E-state index in [1.807, 2.05) is 86.9 Å². The van der Waals surface area contributed by atoms with Crippen molar-refractivity contribution in [2.45, 2.75) is 91.1 Å². The Hall–Kier alpha value is -5.43. The lowest BCUT2D eigenvalue weighted by atomic mass is 9.90. The van der Waals surface area contributed by atoms with E-state index in [4.69, 9.17) is 9.47 Å². The highest BCUT2D eigenvalue weighted by atomic mass is 79.9. The molecular weight excluding hydrogens is 869 g/mol. The molecule has 13 heteroatoms. The Morgan fingerprint density at radius 3 is 1.49 bits per heavy atom. The largest absolute Gasteiger partial charge is 0.469 e. The molecule has 4 aromatic rings. The van der Waals surface area contributed by atoms with Gasteiger partial charge in [-0.2, -0.15) is 0 Å². The molecule has 0 N–H and O–H groups in total. The number of ketones is 2. The number of ether oxygens (including phenoxy) is 2. The topological polar surface area (TPSA) is 132 Å². The van der Waals surface area contributed by atoms with Gasteiger partial charge in [-0.1, -0.05) is 76.2 Å². The van der Waals surface area contributed by atoms with Crippen molar-refractivity contribution in [3.8, 4) is 28.2 Å². The first-order chi connectivity index (χ1) is 30.1. The third-order valence-electron chi connectivity index (χ3n) is 12.6. The van der Waals surface area contributed by atoms with Crippen molar-refractivity contribution in [1.82, 2.24) is 14.4 Å². The first kappa shape index (κ1) is 47.1. The normalized spacial score (nSPS) is 17.2. The Morgan fingerprint density at radius 2 is 1.08 bits per heavy atom. The maximum atomic E-state index is 14.2. The minimum Gasteiger partial charge on any atom is -0.469 e. The second-order valence-electron chi connectivity index (χ2n) is 17.4. The van der Waals surface area contributed by atoms with Gasteiger partial charge in [-0.25, -0.2) is 4.39 Å². The molecule has 6 rings (SSSR count). The molecule has 1 aromatic heterocycles. The second-order valence-corrected chi connectivity index (χ2v) is 18.2. The SMILES string of the molecule is COC(=O)C[C@H](C(=O)N1CCC[C@H]1C(=O)Cc1ccc(-c2cc(Br)c(-c3ccc(CC(=O)[C@@H]4CCCN4C(=O)[C@@H](CC(=O)OC)C(C)C)cc3)n2-c2ccc(F)cc2)cc1)C(C)C. The van der Waals surface area contributed by atoms with Crippen LogP contribution in [-0.4, -0.2) is 89.1 Å². The number of methoxy groups -OCH3 is 2. The van der Waals surface area contributed by atoms with Gasteiger partial charge in [0, 0.05) is 36.1 Å². The molecule has 0 radical (unpaired) electrons. The second kappa shape index (κ2) is 20.8. The molecule has 334 valence electrons. The van der Waals surface area contributed by atoms with E-state index in [1.54, 1.807) is 21.9 Å². The number of benzene rings is 3. The monoisotopic (exact) mass is 925 g/mol. The van der Waals surface area contributed by atoms with Crippen LogP contribution in [0.15, 0.2) is 83.3 Å². The number of likely N-dealkylation sites (tertiary alicyclic amines) is 2. The number of hydrogen-bond acceptors (Lipinski definition) is 8. The quantitative estimate of drug-likeness (QED) is 0.0963. The van der Waals surface area contributed by atoms with Gasteiger partial charge in [0.25, 0.3) is 0 Å². The van der Waals surface area contributed by atoms with E-state index in [-0.39, 0.29) is 66.7 Å². The summed E-state index contributed by atoms with van der Waals surface area (Å²) in [7, 11) is 2.61. The Kier molecular flexibility index (Phi) is 15.6. The predicted octanol–water partition coefficient (Wildman–Crippen LogP) is 8.59. The molecule has 2 aliphatic heterocycles. The van der Waals surface area contributed by atoms with Gasteiger partial charge in [0.15, 0.2) is 11.6 Å². The van der Waals surface area contributed by atoms with Crippen LogP contribution in [0.3, 0.4) is 0 Å². The minimum atomic E-state index is -0.565. The molecule has 11 nitrogen and oxygen atoms in total. The van der Waals surface area contributed by atoms with Gasteiger partial charge < -0.3 is 23.8 Å². The summed E-state index contributed by atoms with van der Waals surface area (Å²) in [5.41, 5.74) is 5.64. The van der Waals surface area contributed by atoms with Crippen LogP contribution in [0.4, 0.5) is 4.39 Å². The van der Waals surface area contributed by atoms with Crippen molar-refractivity contribution in [1.29, 1.82) is 0 Å². The van der Waals surface area contributed by atoms with Gasteiger partial charge in [0.1, 0.15) is 5.82 Å². The van der Waals surface area contributed by atoms with Crippen LogP contribution >= 0.6 is 15.9 Å². The minimum absolute atomic E-state index is 0.0269. The van der Waals surface area contributed by atoms with E-state index >= 15 is 0 Å². The molecule has 2 amide bonds. The van der Waals surface area contributed by atoms with E-state index < -0.39 is 35.9 Å². The molecule has 0 unspecified atom stereocenters. The van der Waals surface area contributed by atoms with Crippen molar-refractivity contribution in [3.05, 3.63) is 100 Å². The Morgan fingerprint density at radius 1 is 0.651 bits per heavy atom. The van der Waals surface area contributed by atoms with E-state index in [9.17, 15) is 33.2 Å². The summed E-state index contributed by atoms with van der Waals surface area (Å²) in [6, 6.07) is 22.5. The Balaban J connectivity index is 1.20. The lowest BCUT2D eigenvalue weighted by molar-refractivity contribution is -0.149. The number of amides is 2. The van der Waals surface area contributed by atoms with Crippen LogP contribution in [0.2, 0.25) is 0 Å². The van der Waals surface area contributed by atoms with Crippen LogP contribution < -0.4 is 0 Å². The fraction of sp³-hybridized carbons (Fsp3) is 0.440. The molecule has 0 spiro atoms. The third-order valence-corrected chi connectivity index (χ3v) is 13.2. The summed E-state index contributed by atoms with van der Waals surface area (Å²) in [5.74, 6) is -3.07. The number of rotatable bonds is 17. The zero-order valence-corrected chi connectivity index (χ0v) is 38.5. The van der Waals surface area contributed by atoms with Crippen LogP contribution in [0.1, 0.15) is 77.3 Å². The number of nitrogens with zero attached hydrogens (tertiary/aromatic N) is 3.